The molecule has 24 heavy (non-hydrogen) atoms. The summed E-state index contributed by atoms with van der Waals surface area (Å²) in [7, 11) is 1.61. The van der Waals surface area contributed by atoms with Crippen molar-refractivity contribution in [3.8, 4) is 5.75 Å². The number of carbonyl (C=O) groups is 1. The molecule has 0 aliphatic heterocycles. The Bertz CT molecular complexity index is 709. The van der Waals surface area contributed by atoms with Gasteiger partial charge in [-0.25, -0.2) is 0 Å². The van der Waals surface area contributed by atoms with E-state index in [1.807, 2.05) is 49.4 Å². The predicted molar refractivity (Wildman–Crippen MR) is 97.0 cm³/mol. The molecule has 2 aromatic rings. The molecular weight excluding hydrogens is 300 g/mol. The first-order valence-corrected chi connectivity index (χ1v) is 8.19. The third-order valence-electron chi connectivity index (χ3n) is 4.34. The third kappa shape index (κ3) is 4.16. The van der Waals surface area contributed by atoms with Gasteiger partial charge in [-0.05, 0) is 41.5 Å². The number of methoxy groups -OCH3 is 1. The Morgan fingerprint density at radius 3 is 2.25 bits per heavy atom. The molecular formula is C21H26O3. The fourth-order valence-corrected chi connectivity index (χ4v) is 2.85. The molecule has 1 atom stereocenters. The second kappa shape index (κ2) is 7.08. The highest BCUT2D eigenvalue weighted by molar-refractivity contribution is 5.76. The molecule has 1 unspecified atom stereocenters. The predicted octanol–water partition coefficient (Wildman–Crippen LogP) is 4.71. The fraction of sp³-hybridized carbons (Fsp3) is 0.381. The molecule has 3 heteroatoms. The molecule has 0 radical (unpaired) electrons. The van der Waals surface area contributed by atoms with Gasteiger partial charge in [0.1, 0.15) is 5.75 Å². The number of aliphatic carboxylic acids is 1. The van der Waals surface area contributed by atoms with Crippen molar-refractivity contribution in [1.82, 2.24) is 0 Å². The van der Waals surface area contributed by atoms with Crippen LogP contribution in [0.5, 0.6) is 5.75 Å². The summed E-state index contributed by atoms with van der Waals surface area (Å²) in [6.45, 7) is 8.44. The molecule has 1 N–H and O–H groups in total. The van der Waals surface area contributed by atoms with Crippen LogP contribution in [-0.2, 0) is 16.6 Å². The molecule has 0 bridgehead atoms. The monoisotopic (exact) mass is 326 g/mol. The zero-order valence-electron chi connectivity index (χ0n) is 15.1. The van der Waals surface area contributed by atoms with E-state index in [1.165, 1.54) is 5.56 Å². The van der Waals surface area contributed by atoms with Crippen molar-refractivity contribution >= 4 is 5.97 Å². The molecule has 0 aromatic heterocycles. The van der Waals surface area contributed by atoms with Crippen LogP contribution < -0.4 is 4.74 Å². The lowest BCUT2D eigenvalue weighted by Gasteiger charge is -2.21. The van der Waals surface area contributed by atoms with E-state index in [9.17, 15) is 9.90 Å². The second-order valence-corrected chi connectivity index (χ2v) is 7.28. The normalized spacial score (nSPS) is 12.7. The SMILES string of the molecule is COc1ccc(C)cc1CC(C(=O)O)c1ccc(C(C)(C)C)cc1. The first-order chi connectivity index (χ1) is 11.2. The van der Waals surface area contributed by atoms with Gasteiger partial charge in [0.25, 0.3) is 0 Å². The minimum absolute atomic E-state index is 0.0526. The van der Waals surface area contributed by atoms with E-state index in [-0.39, 0.29) is 5.41 Å². The van der Waals surface area contributed by atoms with E-state index in [1.54, 1.807) is 7.11 Å². The highest BCUT2D eigenvalue weighted by Gasteiger charge is 2.23. The van der Waals surface area contributed by atoms with Crippen LogP contribution >= 0.6 is 0 Å². The largest absolute Gasteiger partial charge is 0.496 e. The van der Waals surface area contributed by atoms with Gasteiger partial charge in [-0.1, -0.05) is 62.7 Å². The smallest absolute Gasteiger partial charge is 0.311 e. The van der Waals surface area contributed by atoms with Crippen LogP contribution in [-0.4, -0.2) is 18.2 Å². The van der Waals surface area contributed by atoms with E-state index < -0.39 is 11.9 Å². The first kappa shape index (κ1) is 18.1. The second-order valence-electron chi connectivity index (χ2n) is 7.28. The van der Waals surface area contributed by atoms with Crippen molar-refractivity contribution in [2.24, 2.45) is 0 Å². The standard InChI is InChI=1S/C21H26O3/c1-14-6-11-19(24-5)16(12-14)13-18(20(22)23)15-7-9-17(10-8-15)21(2,3)4/h6-12,18H,13H2,1-5H3,(H,22,23). The molecule has 0 saturated heterocycles. The van der Waals surface area contributed by atoms with E-state index >= 15 is 0 Å². The number of ether oxygens (including phenoxy) is 1. The van der Waals surface area contributed by atoms with Crippen LogP contribution in [0.25, 0.3) is 0 Å². The van der Waals surface area contributed by atoms with Crippen molar-refractivity contribution in [2.75, 3.05) is 7.11 Å². The number of benzene rings is 2. The van der Waals surface area contributed by atoms with Gasteiger partial charge in [-0.15, -0.1) is 0 Å². The van der Waals surface area contributed by atoms with Gasteiger partial charge in [0, 0.05) is 0 Å². The van der Waals surface area contributed by atoms with E-state index in [2.05, 4.69) is 20.8 Å². The van der Waals surface area contributed by atoms with Crippen molar-refractivity contribution in [3.05, 3.63) is 64.7 Å². The van der Waals surface area contributed by atoms with E-state index in [4.69, 9.17) is 4.74 Å². The molecule has 0 fully saturated rings. The maximum atomic E-state index is 11.8. The topological polar surface area (TPSA) is 46.5 Å². The van der Waals surface area contributed by atoms with Crippen molar-refractivity contribution < 1.29 is 14.6 Å². The first-order valence-electron chi connectivity index (χ1n) is 8.19. The van der Waals surface area contributed by atoms with Gasteiger partial charge < -0.3 is 9.84 Å². The number of rotatable bonds is 5. The van der Waals surface area contributed by atoms with Crippen LogP contribution in [0, 0.1) is 6.92 Å². The number of hydrogen-bond donors (Lipinski definition) is 1. The lowest BCUT2D eigenvalue weighted by molar-refractivity contribution is -0.138. The maximum Gasteiger partial charge on any atom is 0.311 e. The van der Waals surface area contributed by atoms with Gasteiger partial charge in [-0.3, -0.25) is 4.79 Å². The summed E-state index contributed by atoms with van der Waals surface area (Å²) in [5.41, 5.74) is 4.09. The average Bonchev–Trinajstić information content (AvgIpc) is 2.52. The molecule has 0 aliphatic rings. The minimum atomic E-state index is -0.818. The summed E-state index contributed by atoms with van der Waals surface area (Å²) in [4.78, 5) is 11.8. The Labute approximate surface area is 144 Å². The summed E-state index contributed by atoms with van der Waals surface area (Å²) in [5.74, 6) is -0.671. The summed E-state index contributed by atoms with van der Waals surface area (Å²) < 4.78 is 5.39. The van der Waals surface area contributed by atoms with Gasteiger partial charge in [0.2, 0.25) is 0 Å². The highest BCUT2D eigenvalue weighted by atomic mass is 16.5. The van der Waals surface area contributed by atoms with Gasteiger partial charge >= 0.3 is 5.97 Å². The Morgan fingerprint density at radius 2 is 1.75 bits per heavy atom. The molecule has 0 heterocycles. The fourth-order valence-electron chi connectivity index (χ4n) is 2.85. The number of carboxylic acid groups (broad SMARTS) is 1. The number of aryl methyl sites for hydroxylation is 1. The van der Waals surface area contributed by atoms with Crippen LogP contribution in [0.2, 0.25) is 0 Å². The molecule has 3 nitrogen and oxygen atoms in total. The zero-order valence-corrected chi connectivity index (χ0v) is 15.1. The molecule has 0 spiro atoms. The van der Waals surface area contributed by atoms with Crippen LogP contribution in [0.4, 0.5) is 0 Å². The Hall–Kier alpha value is -2.29. The Balaban J connectivity index is 2.34. The zero-order chi connectivity index (χ0) is 17.9. The molecule has 0 saturated carbocycles. The van der Waals surface area contributed by atoms with Crippen LogP contribution in [0.15, 0.2) is 42.5 Å². The lowest BCUT2D eigenvalue weighted by Crippen LogP contribution is -2.16. The molecule has 0 aliphatic carbocycles. The van der Waals surface area contributed by atoms with Crippen molar-refractivity contribution in [2.45, 2.75) is 45.4 Å². The summed E-state index contributed by atoms with van der Waals surface area (Å²) in [6, 6.07) is 13.8. The lowest BCUT2D eigenvalue weighted by atomic mass is 9.84. The van der Waals surface area contributed by atoms with Crippen LogP contribution in [0.3, 0.4) is 0 Å². The van der Waals surface area contributed by atoms with E-state index in [0.29, 0.717) is 6.42 Å². The van der Waals surface area contributed by atoms with Crippen LogP contribution in [0.1, 0.15) is 48.9 Å². The summed E-state index contributed by atoms with van der Waals surface area (Å²) in [6.07, 6.45) is 0.412. The quantitative estimate of drug-likeness (QED) is 0.865. The van der Waals surface area contributed by atoms with Gasteiger partial charge in [0.05, 0.1) is 13.0 Å². The Kier molecular flexibility index (Phi) is 5.33. The highest BCUT2D eigenvalue weighted by Crippen LogP contribution is 2.29. The summed E-state index contributed by atoms with van der Waals surface area (Å²) >= 11 is 0. The minimum Gasteiger partial charge on any atom is -0.496 e. The number of hydrogen-bond acceptors (Lipinski definition) is 2. The molecule has 0 amide bonds. The van der Waals surface area contributed by atoms with E-state index in [0.717, 1.165) is 22.4 Å². The molecule has 128 valence electrons. The molecule has 2 aromatic carbocycles. The Morgan fingerprint density at radius 1 is 1.12 bits per heavy atom. The average molecular weight is 326 g/mol. The van der Waals surface area contributed by atoms with Gasteiger partial charge in [0.15, 0.2) is 0 Å². The van der Waals surface area contributed by atoms with Crippen molar-refractivity contribution in [3.63, 3.8) is 0 Å². The van der Waals surface area contributed by atoms with Crippen molar-refractivity contribution in [1.29, 1.82) is 0 Å². The van der Waals surface area contributed by atoms with Gasteiger partial charge in [-0.2, -0.15) is 0 Å². The number of carboxylic acids is 1. The third-order valence-corrected chi connectivity index (χ3v) is 4.34. The summed E-state index contributed by atoms with van der Waals surface area (Å²) in [5, 5.41) is 9.71. The maximum absolute atomic E-state index is 11.8. The molecule has 2 rings (SSSR count).